The lowest BCUT2D eigenvalue weighted by Gasteiger charge is -2.10. The molecule has 0 aliphatic heterocycles. The number of pyridine rings is 1. The van der Waals surface area contributed by atoms with E-state index in [4.69, 9.17) is 4.52 Å². The van der Waals surface area contributed by atoms with Crippen LogP contribution in [0.4, 0.5) is 0 Å². The van der Waals surface area contributed by atoms with Crippen molar-refractivity contribution < 1.29 is 9.32 Å². The van der Waals surface area contributed by atoms with Crippen molar-refractivity contribution in [2.75, 3.05) is 0 Å². The van der Waals surface area contributed by atoms with Crippen molar-refractivity contribution in [2.45, 2.75) is 39.7 Å². The quantitative estimate of drug-likeness (QED) is 0.887. The maximum atomic E-state index is 12.0. The molecule has 0 radical (unpaired) electrons. The van der Waals surface area contributed by atoms with Gasteiger partial charge in [-0.3, -0.25) is 9.59 Å². The van der Waals surface area contributed by atoms with Crippen LogP contribution in [0.25, 0.3) is 0 Å². The van der Waals surface area contributed by atoms with Crippen molar-refractivity contribution >= 4 is 5.91 Å². The molecule has 21 heavy (non-hydrogen) atoms. The third-order valence-electron chi connectivity index (χ3n) is 2.76. The van der Waals surface area contributed by atoms with Crippen molar-refractivity contribution in [2.24, 2.45) is 0 Å². The number of H-pyrrole nitrogens is 1. The normalized spacial score (nSPS) is 11.4. The van der Waals surface area contributed by atoms with Crippen molar-refractivity contribution in [1.29, 1.82) is 0 Å². The number of hydrogen-bond donors (Lipinski definition) is 2. The summed E-state index contributed by atoms with van der Waals surface area (Å²) in [4.78, 5) is 30.4. The molecule has 7 heteroatoms. The van der Waals surface area contributed by atoms with Crippen LogP contribution in [-0.2, 0) is 12.0 Å². The van der Waals surface area contributed by atoms with Crippen molar-refractivity contribution in [3.63, 3.8) is 0 Å². The number of nitrogens with one attached hydrogen (secondary N) is 2. The fourth-order valence-electron chi connectivity index (χ4n) is 1.69. The molecule has 2 aromatic heterocycles. The number of carbonyl (C=O) groups excluding carboxylic acids is 1. The van der Waals surface area contributed by atoms with Gasteiger partial charge in [-0.1, -0.05) is 25.9 Å². The molecule has 0 bridgehead atoms. The molecular weight excluding hydrogens is 272 g/mol. The molecule has 2 heterocycles. The van der Waals surface area contributed by atoms with E-state index in [1.807, 2.05) is 20.8 Å². The first-order valence-corrected chi connectivity index (χ1v) is 6.58. The van der Waals surface area contributed by atoms with Crippen LogP contribution >= 0.6 is 0 Å². The van der Waals surface area contributed by atoms with Gasteiger partial charge < -0.3 is 14.8 Å². The number of carbonyl (C=O) groups is 1. The van der Waals surface area contributed by atoms with E-state index in [9.17, 15) is 9.59 Å². The zero-order valence-electron chi connectivity index (χ0n) is 12.5. The van der Waals surface area contributed by atoms with Gasteiger partial charge in [0.15, 0.2) is 11.3 Å². The molecule has 0 spiro atoms. The molecular formula is C14H18N4O3. The van der Waals surface area contributed by atoms with Crippen LogP contribution in [0.1, 0.15) is 48.7 Å². The van der Waals surface area contributed by atoms with Gasteiger partial charge in [0.05, 0.1) is 6.54 Å². The molecule has 0 aromatic carbocycles. The van der Waals surface area contributed by atoms with Gasteiger partial charge in [0.25, 0.3) is 5.91 Å². The second kappa shape index (κ2) is 5.51. The fraction of sp³-hybridized carbons (Fsp3) is 0.429. The lowest BCUT2D eigenvalue weighted by molar-refractivity contribution is 0.0941. The Balaban J connectivity index is 2.04. The summed E-state index contributed by atoms with van der Waals surface area (Å²) in [6, 6.07) is 2.67. The Morgan fingerprint density at radius 2 is 2.10 bits per heavy atom. The van der Waals surface area contributed by atoms with Gasteiger partial charge in [0.1, 0.15) is 5.69 Å². The molecule has 2 aromatic rings. The Labute approximate surface area is 121 Å². The van der Waals surface area contributed by atoms with Gasteiger partial charge in [-0.15, -0.1) is 0 Å². The molecule has 0 saturated carbocycles. The smallest absolute Gasteiger partial charge is 0.268 e. The zero-order chi connectivity index (χ0) is 15.6. The molecule has 0 atom stereocenters. The van der Waals surface area contributed by atoms with E-state index >= 15 is 0 Å². The second-order valence-electron chi connectivity index (χ2n) is 5.86. The van der Waals surface area contributed by atoms with E-state index in [1.165, 1.54) is 12.1 Å². The van der Waals surface area contributed by atoms with E-state index in [-0.39, 0.29) is 23.1 Å². The van der Waals surface area contributed by atoms with Crippen LogP contribution in [0.15, 0.2) is 21.5 Å². The van der Waals surface area contributed by atoms with E-state index in [2.05, 4.69) is 20.4 Å². The Morgan fingerprint density at radius 3 is 2.67 bits per heavy atom. The van der Waals surface area contributed by atoms with Crippen molar-refractivity contribution in [1.82, 2.24) is 20.4 Å². The van der Waals surface area contributed by atoms with Gasteiger partial charge in [-0.2, -0.15) is 4.98 Å². The monoisotopic (exact) mass is 290 g/mol. The lowest BCUT2D eigenvalue weighted by Crippen LogP contribution is -2.25. The number of nitrogens with zero attached hydrogens (tertiary/aromatic N) is 2. The SMILES string of the molecule is Cc1cc(=O)cc(C(=O)NCc2nc(C(C)(C)C)no2)[nH]1. The van der Waals surface area contributed by atoms with Crippen LogP contribution in [-0.4, -0.2) is 21.0 Å². The van der Waals surface area contributed by atoms with Crippen LogP contribution in [0.5, 0.6) is 0 Å². The van der Waals surface area contributed by atoms with Crippen LogP contribution in [0.2, 0.25) is 0 Å². The summed E-state index contributed by atoms with van der Waals surface area (Å²) in [6.45, 7) is 7.73. The molecule has 2 N–H and O–H groups in total. The third kappa shape index (κ3) is 3.77. The van der Waals surface area contributed by atoms with Crippen molar-refractivity contribution in [3.8, 4) is 0 Å². The predicted octanol–water partition coefficient (Wildman–Crippen LogP) is 1.29. The maximum Gasteiger partial charge on any atom is 0.268 e. The number of amides is 1. The average molecular weight is 290 g/mol. The minimum Gasteiger partial charge on any atom is -0.354 e. The summed E-state index contributed by atoms with van der Waals surface area (Å²) < 4.78 is 5.08. The van der Waals surface area contributed by atoms with E-state index in [1.54, 1.807) is 6.92 Å². The summed E-state index contributed by atoms with van der Waals surface area (Å²) in [5.41, 5.74) is 0.397. The zero-order valence-corrected chi connectivity index (χ0v) is 12.5. The second-order valence-corrected chi connectivity index (χ2v) is 5.86. The molecule has 0 aliphatic carbocycles. The number of hydrogen-bond acceptors (Lipinski definition) is 5. The first-order chi connectivity index (χ1) is 9.75. The lowest BCUT2D eigenvalue weighted by atomic mass is 9.96. The minimum atomic E-state index is -0.397. The van der Waals surface area contributed by atoms with Crippen LogP contribution in [0, 0.1) is 6.92 Å². The van der Waals surface area contributed by atoms with E-state index in [0.717, 1.165) is 0 Å². The molecule has 2 rings (SSSR count). The number of aryl methyl sites for hydroxylation is 1. The summed E-state index contributed by atoms with van der Waals surface area (Å²) in [5.74, 6) is 0.505. The number of aromatic amines is 1. The number of aromatic nitrogens is 3. The third-order valence-corrected chi connectivity index (χ3v) is 2.76. The van der Waals surface area contributed by atoms with Gasteiger partial charge in [-0.25, -0.2) is 0 Å². The molecule has 0 unspecified atom stereocenters. The highest BCUT2D eigenvalue weighted by Crippen LogP contribution is 2.18. The Kier molecular flexibility index (Phi) is 3.93. The maximum absolute atomic E-state index is 12.0. The summed E-state index contributed by atoms with van der Waals surface area (Å²) in [6.07, 6.45) is 0. The summed E-state index contributed by atoms with van der Waals surface area (Å²) >= 11 is 0. The standard InChI is InChI=1S/C14H18N4O3/c1-8-5-9(19)6-10(16-8)12(20)15-7-11-17-13(18-21-11)14(2,3)4/h5-6H,7H2,1-4H3,(H,15,20)(H,16,19). The largest absolute Gasteiger partial charge is 0.354 e. The molecule has 0 saturated heterocycles. The summed E-state index contributed by atoms with van der Waals surface area (Å²) in [5, 5.41) is 6.50. The highest BCUT2D eigenvalue weighted by molar-refractivity contribution is 5.92. The fourth-order valence-corrected chi connectivity index (χ4v) is 1.69. The van der Waals surface area contributed by atoms with Crippen LogP contribution < -0.4 is 10.7 Å². The highest BCUT2D eigenvalue weighted by Gasteiger charge is 2.21. The first-order valence-electron chi connectivity index (χ1n) is 6.58. The van der Waals surface area contributed by atoms with Gasteiger partial charge in [-0.05, 0) is 6.92 Å². The Hall–Kier alpha value is -2.44. The first kappa shape index (κ1) is 15.0. The van der Waals surface area contributed by atoms with E-state index < -0.39 is 5.91 Å². The molecule has 0 fully saturated rings. The average Bonchev–Trinajstić information content (AvgIpc) is 2.83. The topological polar surface area (TPSA) is 101 Å². The number of rotatable bonds is 3. The van der Waals surface area contributed by atoms with Gasteiger partial charge >= 0.3 is 0 Å². The van der Waals surface area contributed by atoms with Gasteiger partial charge in [0.2, 0.25) is 5.89 Å². The van der Waals surface area contributed by atoms with Crippen LogP contribution in [0.3, 0.4) is 0 Å². The molecule has 1 amide bonds. The van der Waals surface area contributed by atoms with Gasteiger partial charge in [0, 0.05) is 23.2 Å². The minimum absolute atomic E-state index is 0.109. The highest BCUT2D eigenvalue weighted by atomic mass is 16.5. The van der Waals surface area contributed by atoms with E-state index in [0.29, 0.717) is 17.4 Å². The van der Waals surface area contributed by atoms with Crippen molar-refractivity contribution in [3.05, 3.63) is 45.5 Å². The molecule has 112 valence electrons. The Morgan fingerprint density at radius 1 is 1.38 bits per heavy atom. The molecule has 0 aliphatic rings. The molecule has 7 nitrogen and oxygen atoms in total. The Bertz CT molecular complexity index is 709. The summed E-state index contributed by atoms with van der Waals surface area (Å²) in [7, 11) is 0. The predicted molar refractivity (Wildman–Crippen MR) is 76.0 cm³/mol.